The van der Waals surface area contributed by atoms with Crippen LogP contribution in [0.5, 0.6) is 5.75 Å². The van der Waals surface area contributed by atoms with E-state index in [1.54, 1.807) is 30.3 Å². The lowest BCUT2D eigenvalue weighted by Crippen LogP contribution is -2.38. The number of benzene rings is 2. The van der Waals surface area contributed by atoms with Crippen molar-refractivity contribution in [1.82, 2.24) is 10.6 Å². The predicted molar refractivity (Wildman–Crippen MR) is 120 cm³/mol. The Morgan fingerprint density at radius 2 is 1.78 bits per heavy atom. The number of sulfone groups is 1. The molecule has 148 valence electrons. The Kier molecular flexibility index (Phi) is 9.57. The SMILES string of the molecule is CCNC(=NCc1cccc(O)c1)NCCc1ccc(S(C)(=O)=O)cc1.I. The van der Waals surface area contributed by atoms with E-state index >= 15 is 0 Å². The van der Waals surface area contributed by atoms with Crippen LogP contribution in [0.25, 0.3) is 0 Å². The second-order valence-electron chi connectivity index (χ2n) is 5.96. The Morgan fingerprint density at radius 3 is 2.37 bits per heavy atom. The van der Waals surface area contributed by atoms with E-state index in [-0.39, 0.29) is 29.7 Å². The number of nitrogens with zero attached hydrogens (tertiary/aromatic N) is 1. The van der Waals surface area contributed by atoms with Gasteiger partial charge in [0.05, 0.1) is 11.4 Å². The molecule has 0 aliphatic rings. The van der Waals surface area contributed by atoms with Gasteiger partial charge >= 0.3 is 0 Å². The monoisotopic (exact) mass is 503 g/mol. The Hall–Kier alpha value is -1.81. The highest BCUT2D eigenvalue weighted by Crippen LogP contribution is 2.12. The lowest BCUT2D eigenvalue weighted by atomic mass is 10.1. The van der Waals surface area contributed by atoms with Crippen LogP contribution in [0.15, 0.2) is 58.4 Å². The molecule has 0 bridgehead atoms. The third-order valence-electron chi connectivity index (χ3n) is 3.73. The van der Waals surface area contributed by atoms with Crippen molar-refractivity contribution in [2.45, 2.75) is 24.8 Å². The maximum atomic E-state index is 11.5. The van der Waals surface area contributed by atoms with Crippen molar-refractivity contribution in [1.29, 1.82) is 0 Å². The third-order valence-corrected chi connectivity index (χ3v) is 4.86. The lowest BCUT2D eigenvalue weighted by molar-refractivity contribution is 0.474. The summed E-state index contributed by atoms with van der Waals surface area (Å²) in [4.78, 5) is 4.84. The fraction of sp³-hybridized carbons (Fsp3) is 0.316. The smallest absolute Gasteiger partial charge is 0.191 e. The number of aromatic hydroxyl groups is 1. The normalized spacial score (nSPS) is 11.6. The number of rotatable bonds is 7. The molecule has 2 aromatic carbocycles. The number of hydrogen-bond acceptors (Lipinski definition) is 4. The fourth-order valence-corrected chi connectivity index (χ4v) is 3.03. The van der Waals surface area contributed by atoms with Crippen LogP contribution >= 0.6 is 24.0 Å². The number of phenols is 1. The molecule has 0 unspecified atom stereocenters. The van der Waals surface area contributed by atoms with Crippen molar-refractivity contribution in [2.75, 3.05) is 19.3 Å². The van der Waals surface area contributed by atoms with Crippen LogP contribution < -0.4 is 10.6 Å². The van der Waals surface area contributed by atoms with Crippen LogP contribution in [-0.2, 0) is 22.8 Å². The zero-order valence-corrected chi connectivity index (χ0v) is 18.6. The molecule has 0 aliphatic heterocycles. The summed E-state index contributed by atoms with van der Waals surface area (Å²) in [6.07, 6.45) is 1.95. The summed E-state index contributed by atoms with van der Waals surface area (Å²) in [7, 11) is -3.16. The summed E-state index contributed by atoms with van der Waals surface area (Å²) in [6.45, 7) is 3.88. The predicted octanol–water partition coefficient (Wildman–Crippen LogP) is 2.71. The van der Waals surface area contributed by atoms with Gasteiger partial charge in [-0.2, -0.15) is 0 Å². The van der Waals surface area contributed by atoms with Crippen LogP contribution in [0.3, 0.4) is 0 Å². The molecule has 0 spiro atoms. The average Bonchev–Trinajstić information content (AvgIpc) is 2.59. The number of aliphatic imine (C=N–C) groups is 1. The third kappa shape index (κ3) is 8.17. The van der Waals surface area contributed by atoms with E-state index in [2.05, 4.69) is 15.6 Å². The molecule has 0 heterocycles. The van der Waals surface area contributed by atoms with E-state index in [1.807, 2.05) is 25.1 Å². The van der Waals surface area contributed by atoms with Crippen molar-refractivity contribution < 1.29 is 13.5 Å². The van der Waals surface area contributed by atoms with Crippen LogP contribution in [0.1, 0.15) is 18.1 Å². The van der Waals surface area contributed by atoms with Crippen molar-refractivity contribution >= 4 is 39.8 Å². The maximum Gasteiger partial charge on any atom is 0.191 e. The zero-order chi connectivity index (χ0) is 19.0. The molecule has 0 saturated heterocycles. The first-order chi connectivity index (χ1) is 12.4. The molecular formula is C19H26IN3O3S. The summed E-state index contributed by atoms with van der Waals surface area (Å²) in [5, 5.41) is 15.9. The minimum atomic E-state index is -3.16. The highest BCUT2D eigenvalue weighted by Gasteiger charge is 2.06. The molecule has 0 aliphatic carbocycles. The van der Waals surface area contributed by atoms with Gasteiger partial charge in [0.2, 0.25) is 0 Å². The molecule has 8 heteroatoms. The summed E-state index contributed by atoms with van der Waals surface area (Å²) in [6, 6.07) is 13.9. The fourth-order valence-electron chi connectivity index (χ4n) is 2.40. The first kappa shape index (κ1) is 23.2. The Balaban J connectivity index is 0.00000364. The number of hydrogen-bond donors (Lipinski definition) is 3. The van der Waals surface area contributed by atoms with Crippen LogP contribution in [-0.4, -0.2) is 38.8 Å². The van der Waals surface area contributed by atoms with Gasteiger partial charge in [-0.05, 0) is 48.7 Å². The van der Waals surface area contributed by atoms with Gasteiger partial charge in [0.25, 0.3) is 0 Å². The van der Waals surface area contributed by atoms with E-state index in [9.17, 15) is 13.5 Å². The number of halogens is 1. The molecule has 3 N–H and O–H groups in total. The van der Waals surface area contributed by atoms with Crippen molar-refractivity contribution in [3.63, 3.8) is 0 Å². The first-order valence-corrected chi connectivity index (χ1v) is 10.4. The summed E-state index contributed by atoms with van der Waals surface area (Å²) < 4.78 is 23.0. The molecule has 6 nitrogen and oxygen atoms in total. The molecule has 0 saturated carbocycles. The summed E-state index contributed by atoms with van der Waals surface area (Å²) >= 11 is 0. The molecule has 2 aromatic rings. The number of phenolic OH excluding ortho intramolecular Hbond substituents is 1. The highest BCUT2D eigenvalue weighted by atomic mass is 127. The van der Waals surface area contributed by atoms with Gasteiger partial charge in [0.1, 0.15) is 5.75 Å². The van der Waals surface area contributed by atoms with Crippen LogP contribution in [0.2, 0.25) is 0 Å². The Labute approximate surface area is 178 Å². The zero-order valence-electron chi connectivity index (χ0n) is 15.5. The first-order valence-electron chi connectivity index (χ1n) is 8.47. The molecule has 27 heavy (non-hydrogen) atoms. The average molecular weight is 503 g/mol. The van der Waals surface area contributed by atoms with Gasteiger partial charge in [-0.15, -0.1) is 24.0 Å². The molecule has 0 radical (unpaired) electrons. The van der Waals surface area contributed by atoms with Crippen molar-refractivity contribution in [3.05, 3.63) is 59.7 Å². The van der Waals surface area contributed by atoms with Gasteiger partial charge in [-0.25, -0.2) is 13.4 Å². The minimum Gasteiger partial charge on any atom is -0.508 e. The lowest BCUT2D eigenvalue weighted by Gasteiger charge is -2.11. The maximum absolute atomic E-state index is 11.5. The summed E-state index contributed by atoms with van der Waals surface area (Å²) in [5.41, 5.74) is 1.98. The van der Waals surface area contributed by atoms with Gasteiger partial charge in [-0.3, -0.25) is 0 Å². The topological polar surface area (TPSA) is 90.8 Å². The standard InChI is InChI=1S/C19H25N3O3S.HI/c1-3-20-19(22-14-16-5-4-6-17(23)13-16)21-12-11-15-7-9-18(10-8-15)26(2,24)25;/h4-10,13,23H,3,11-12,14H2,1-2H3,(H2,20,21,22);1H. The quantitative estimate of drug-likeness (QED) is 0.307. The largest absolute Gasteiger partial charge is 0.508 e. The second kappa shape index (κ2) is 11.1. The minimum absolute atomic E-state index is 0. The second-order valence-corrected chi connectivity index (χ2v) is 7.97. The van der Waals surface area contributed by atoms with Gasteiger partial charge < -0.3 is 15.7 Å². The molecular weight excluding hydrogens is 477 g/mol. The van der Waals surface area contributed by atoms with Crippen LogP contribution in [0, 0.1) is 0 Å². The molecule has 0 aromatic heterocycles. The van der Waals surface area contributed by atoms with Crippen LogP contribution in [0.4, 0.5) is 0 Å². The van der Waals surface area contributed by atoms with Crippen molar-refractivity contribution in [2.24, 2.45) is 4.99 Å². The highest BCUT2D eigenvalue weighted by molar-refractivity contribution is 14.0. The van der Waals surface area contributed by atoms with Crippen molar-refractivity contribution in [3.8, 4) is 5.75 Å². The van der Waals surface area contributed by atoms with Gasteiger partial charge in [0.15, 0.2) is 15.8 Å². The van der Waals surface area contributed by atoms with E-state index in [0.29, 0.717) is 23.9 Å². The van der Waals surface area contributed by atoms with Gasteiger partial charge in [-0.1, -0.05) is 24.3 Å². The molecule has 0 atom stereocenters. The Morgan fingerprint density at radius 1 is 1.07 bits per heavy atom. The van der Waals surface area contributed by atoms with E-state index < -0.39 is 9.84 Å². The molecule has 0 amide bonds. The molecule has 0 fully saturated rings. The van der Waals surface area contributed by atoms with Gasteiger partial charge in [0, 0.05) is 19.3 Å². The number of guanidine groups is 1. The van der Waals surface area contributed by atoms with E-state index in [0.717, 1.165) is 24.1 Å². The van der Waals surface area contributed by atoms with E-state index in [1.165, 1.54) is 6.26 Å². The molecule has 2 rings (SSSR count). The Bertz CT molecular complexity index is 853. The number of nitrogens with one attached hydrogen (secondary N) is 2. The van der Waals surface area contributed by atoms with E-state index in [4.69, 9.17) is 0 Å². The summed E-state index contributed by atoms with van der Waals surface area (Å²) in [5.74, 6) is 0.928.